The molecule has 0 radical (unpaired) electrons. The molecule has 0 aromatic rings. The molecule has 0 N–H and O–H groups in total. The highest BCUT2D eigenvalue weighted by atomic mass is 19.3. The number of halogens is 2. The summed E-state index contributed by atoms with van der Waals surface area (Å²) in [6.45, 7) is 1.79. The third-order valence-electron chi connectivity index (χ3n) is 5.68. The minimum absolute atomic E-state index is 0.290. The summed E-state index contributed by atoms with van der Waals surface area (Å²) in [5, 5.41) is 11.1. The van der Waals surface area contributed by atoms with E-state index in [0.717, 1.165) is 6.42 Å². The summed E-state index contributed by atoms with van der Waals surface area (Å²) in [4.78, 5) is 11.1. The number of carbonyl (C=O) groups is 1. The Bertz CT molecular complexity index is 396. The predicted molar refractivity (Wildman–Crippen MR) is 67.3 cm³/mol. The van der Waals surface area contributed by atoms with E-state index < -0.39 is 29.3 Å². The molecule has 120 valence electrons. The van der Waals surface area contributed by atoms with E-state index in [9.17, 15) is 18.7 Å². The Balaban J connectivity index is 1.94. The number of rotatable bonds is 6. The van der Waals surface area contributed by atoms with Gasteiger partial charge in [-0.1, -0.05) is 0 Å². The van der Waals surface area contributed by atoms with Crippen LogP contribution in [0.5, 0.6) is 0 Å². The molecule has 0 saturated heterocycles. The average Bonchev–Trinajstić information content (AvgIpc) is 2.41. The van der Waals surface area contributed by atoms with Gasteiger partial charge in [-0.3, -0.25) is 0 Å². The Hall–Kier alpha value is -0.750. The molecule has 21 heavy (non-hydrogen) atoms. The summed E-state index contributed by atoms with van der Waals surface area (Å²) in [5.41, 5.74) is -1.95. The first-order valence-corrected chi connectivity index (χ1v) is 7.72. The van der Waals surface area contributed by atoms with Crippen LogP contribution in [0.1, 0.15) is 39.0 Å². The Morgan fingerprint density at radius 2 is 1.71 bits per heavy atom. The van der Waals surface area contributed by atoms with Crippen LogP contribution in [-0.4, -0.2) is 30.9 Å². The molecule has 4 rings (SSSR count). The molecule has 0 aromatic heterocycles. The first kappa shape index (κ1) is 15.2. The van der Waals surface area contributed by atoms with Gasteiger partial charge in [-0.15, -0.1) is 0 Å². The fourth-order valence-electron chi connectivity index (χ4n) is 5.11. The van der Waals surface area contributed by atoms with Crippen molar-refractivity contribution >= 4 is 5.97 Å². The SMILES string of the molecule is CCOCOC1(C(F)(F)C(=O)[O-])C2CC3CC(C2)CC1C3. The summed E-state index contributed by atoms with van der Waals surface area (Å²) in [6.07, 6.45) is 3.60. The van der Waals surface area contributed by atoms with Crippen molar-refractivity contribution < 1.29 is 28.2 Å². The number of carbonyl (C=O) groups excluding carboxylic acids is 1. The second-order valence-electron chi connectivity index (χ2n) is 6.71. The molecule has 0 heterocycles. The van der Waals surface area contributed by atoms with Crippen molar-refractivity contribution in [2.45, 2.75) is 50.6 Å². The number of alkyl halides is 2. The largest absolute Gasteiger partial charge is 0.544 e. The lowest BCUT2D eigenvalue weighted by Gasteiger charge is -2.62. The fraction of sp³-hybridized carbons (Fsp3) is 0.933. The van der Waals surface area contributed by atoms with Gasteiger partial charge in [0.15, 0.2) is 0 Å². The Labute approximate surface area is 122 Å². The van der Waals surface area contributed by atoms with Gasteiger partial charge in [-0.25, -0.2) is 0 Å². The van der Waals surface area contributed by atoms with E-state index in [1.165, 1.54) is 0 Å². The van der Waals surface area contributed by atoms with Crippen LogP contribution in [0.4, 0.5) is 8.78 Å². The minimum atomic E-state index is -3.98. The van der Waals surface area contributed by atoms with E-state index in [-0.39, 0.29) is 6.79 Å². The van der Waals surface area contributed by atoms with E-state index in [0.29, 0.717) is 44.1 Å². The lowest BCUT2D eigenvalue weighted by molar-refractivity contribution is -0.372. The molecular formula is C15H21F2O4-. The van der Waals surface area contributed by atoms with Crippen LogP contribution < -0.4 is 5.11 Å². The van der Waals surface area contributed by atoms with Crippen molar-refractivity contribution in [3.05, 3.63) is 0 Å². The average molecular weight is 303 g/mol. The zero-order valence-electron chi connectivity index (χ0n) is 12.1. The summed E-state index contributed by atoms with van der Waals surface area (Å²) >= 11 is 0. The van der Waals surface area contributed by atoms with Gasteiger partial charge < -0.3 is 19.4 Å². The molecule has 6 heteroatoms. The number of carboxylic acids is 1. The van der Waals surface area contributed by atoms with Crippen LogP contribution in [0.3, 0.4) is 0 Å². The Kier molecular flexibility index (Phi) is 3.72. The maximum absolute atomic E-state index is 14.5. The van der Waals surface area contributed by atoms with Gasteiger partial charge in [0.05, 0.1) is 0 Å². The Morgan fingerprint density at radius 1 is 1.19 bits per heavy atom. The predicted octanol–water partition coefficient (Wildman–Crippen LogP) is 1.58. The van der Waals surface area contributed by atoms with Crippen LogP contribution >= 0.6 is 0 Å². The highest BCUT2D eigenvalue weighted by Gasteiger charge is 2.69. The van der Waals surface area contributed by atoms with Gasteiger partial charge in [-0.2, -0.15) is 8.78 Å². The van der Waals surface area contributed by atoms with E-state index in [1.54, 1.807) is 6.92 Å². The molecule has 4 bridgehead atoms. The number of hydrogen-bond donors (Lipinski definition) is 0. The molecule has 0 aliphatic heterocycles. The first-order valence-electron chi connectivity index (χ1n) is 7.72. The van der Waals surface area contributed by atoms with Crippen molar-refractivity contribution in [3.8, 4) is 0 Å². The molecule has 0 spiro atoms. The Morgan fingerprint density at radius 3 is 2.14 bits per heavy atom. The monoisotopic (exact) mass is 303 g/mol. The molecule has 0 aromatic carbocycles. The van der Waals surface area contributed by atoms with Crippen molar-refractivity contribution in [2.75, 3.05) is 13.4 Å². The molecular weight excluding hydrogens is 282 g/mol. The van der Waals surface area contributed by atoms with Crippen molar-refractivity contribution in [2.24, 2.45) is 23.7 Å². The van der Waals surface area contributed by atoms with Gasteiger partial charge in [0.1, 0.15) is 18.4 Å². The van der Waals surface area contributed by atoms with Crippen LogP contribution in [0.2, 0.25) is 0 Å². The molecule has 4 nitrogen and oxygen atoms in total. The molecule has 4 fully saturated rings. The smallest absolute Gasteiger partial charge is 0.316 e. The molecule has 0 unspecified atom stereocenters. The van der Waals surface area contributed by atoms with Crippen LogP contribution in [0, 0.1) is 23.7 Å². The van der Waals surface area contributed by atoms with Gasteiger partial charge in [0.2, 0.25) is 0 Å². The quantitative estimate of drug-likeness (QED) is 0.552. The van der Waals surface area contributed by atoms with E-state index in [1.807, 2.05) is 0 Å². The van der Waals surface area contributed by atoms with Crippen LogP contribution in [-0.2, 0) is 14.3 Å². The lowest BCUT2D eigenvalue weighted by Crippen LogP contribution is -2.71. The number of carboxylic acid groups (broad SMARTS) is 1. The molecule has 4 aliphatic carbocycles. The number of ether oxygens (including phenoxy) is 2. The molecule has 4 aliphatic rings. The third kappa shape index (κ3) is 2.10. The maximum Gasteiger partial charge on any atom is 0.316 e. The molecule has 0 amide bonds. The lowest BCUT2D eigenvalue weighted by atomic mass is 9.48. The second-order valence-corrected chi connectivity index (χ2v) is 6.71. The number of aliphatic carboxylic acids is 1. The van der Waals surface area contributed by atoms with Crippen LogP contribution in [0.25, 0.3) is 0 Å². The van der Waals surface area contributed by atoms with Gasteiger partial charge >= 0.3 is 5.92 Å². The van der Waals surface area contributed by atoms with Crippen molar-refractivity contribution in [1.29, 1.82) is 0 Å². The maximum atomic E-state index is 14.5. The van der Waals surface area contributed by atoms with Crippen molar-refractivity contribution in [3.63, 3.8) is 0 Å². The highest BCUT2D eigenvalue weighted by Crippen LogP contribution is 2.63. The first-order chi connectivity index (χ1) is 9.91. The van der Waals surface area contributed by atoms with Crippen molar-refractivity contribution in [1.82, 2.24) is 0 Å². The zero-order chi connectivity index (χ0) is 15.3. The standard InChI is InChI=1S/C15H22F2O4/c1-2-20-8-21-14(15(16,17)13(18)19)11-4-9-3-10(6-11)7-12(14)5-9/h9-12H,2-8H2,1H3,(H,18,19)/p-1. The van der Waals surface area contributed by atoms with Gasteiger partial charge in [-0.05, 0) is 62.7 Å². The van der Waals surface area contributed by atoms with Gasteiger partial charge in [0.25, 0.3) is 0 Å². The van der Waals surface area contributed by atoms with E-state index in [2.05, 4.69) is 0 Å². The van der Waals surface area contributed by atoms with E-state index in [4.69, 9.17) is 9.47 Å². The summed E-state index contributed by atoms with van der Waals surface area (Å²) < 4.78 is 39.6. The van der Waals surface area contributed by atoms with Crippen LogP contribution in [0.15, 0.2) is 0 Å². The summed E-state index contributed by atoms with van der Waals surface area (Å²) in [5.74, 6) is -6.26. The van der Waals surface area contributed by atoms with Gasteiger partial charge in [0, 0.05) is 6.61 Å². The third-order valence-corrected chi connectivity index (χ3v) is 5.68. The number of hydrogen-bond acceptors (Lipinski definition) is 4. The fourth-order valence-corrected chi connectivity index (χ4v) is 5.11. The summed E-state index contributed by atoms with van der Waals surface area (Å²) in [7, 11) is 0. The van der Waals surface area contributed by atoms with E-state index >= 15 is 0 Å². The second kappa shape index (κ2) is 5.16. The zero-order valence-corrected chi connectivity index (χ0v) is 12.1. The molecule has 4 saturated carbocycles. The topological polar surface area (TPSA) is 58.6 Å². The summed E-state index contributed by atoms with van der Waals surface area (Å²) in [6, 6.07) is 0. The highest BCUT2D eigenvalue weighted by molar-refractivity contribution is 5.75. The minimum Gasteiger partial charge on any atom is -0.544 e. The normalized spacial score (nSPS) is 41.5. The molecule has 0 atom stereocenters.